The SMILES string of the molecule is CC[C@H](C)[C@H](NC(=O)C(C)C(C)N)C(=O)OC.Cl. The van der Waals surface area contributed by atoms with E-state index in [1.165, 1.54) is 7.11 Å². The summed E-state index contributed by atoms with van der Waals surface area (Å²) in [6.45, 7) is 7.37. The van der Waals surface area contributed by atoms with Gasteiger partial charge in [0.1, 0.15) is 6.04 Å². The third-order valence-electron chi connectivity index (χ3n) is 3.17. The highest BCUT2D eigenvalue weighted by Crippen LogP contribution is 2.11. The van der Waals surface area contributed by atoms with Gasteiger partial charge in [0.25, 0.3) is 0 Å². The minimum absolute atomic E-state index is 0. The van der Waals surface area contributed by atoms with Gasteiger partial charge < -0.3 is 15.8 Å². The van der Waals surface area contributed by atoms with E-state index in [1.54, 1.807) is 13.8 Å². The van der Waals surface area contributed by atoms with Crippen molar-refractivity contribution in [1.82, 2.24) is 5.32 Å². The highest BCUT2D eigenvalue weighted by atomic mass is 35.5. The Bertz CT molecular complexity index is 272. The Hall–Kier alpha value is -0.810. The molecule has 0 aromatic carbocycles. The smallest absolute Gasteiger partial charge is 0.328 e. The molecule has 2 unspecified atom stereocenters. The standard InChI is InChI=1S/C12H24N2O3.ClH/c1-6-7(2)10(12(16)17-5)14-11(15)8(3)9(4)13;/h7-10H,6,13H2,1-5H3,(H,14,15);1H/t7-,8?,9?,10-;/m0./s1. The maximum atomic E-state index is 11.8. The second-order valence-corrected chi connectivity index (χ2v) is 4.54. The molecular formula is C12H25ClN2O3. The van der Waals surface area contributed by atoms with Crippen molar-refractivity contribution in [3.8, 4) is 0 Å². The van der Waals surface area contributed by atoms with Gasteiger partial charge in [0.05, 0.1) is 7.11 Å². The number of esters is 1. The van der Waals surface area contributed by atoms with Gasteiger partial charge in [-0.25, -0.2) is 4.79 Å². The van der Waals surface area contributed by atoms with Gasteiger partial charge in [0.2, 0.25) is 5.91 Å². The van der Waals surface area contributed by atoms with Crippen LogP contribution < -0.4 is 11.1 Å². The quantitative estimate of drug-likeness (QED) is 0.714. The van der Waals surface area contributed by atoms with E-state index in [0.717, 1.165) is 6.42 Å². The number of nitrogens with one attached hydrogen (secondary N) is 1. The minimum atomic E-state index is -0.598. The topological polar surface area (TPSA) is 81.4 Å². The molecule has 0 aromatic rings. The van der Waals surface area contributed by atoms with E-state index in [9.17, 15) is 9.59 Å². The van der Waals surface area contributed by atoms with Crippen LogP contribution in [0.4, 0.5) is 0 Å². The van der Waals surface area contributed by atoms with Crippen LogP contribution in [0.1, 0.15) is 34.1 Å². The number of hydrogen-bond donors (Lipinski definition) is 2. The lowest BCUT2D eigenvalue weighted by Crippen LogP contribution is -2.49. The van der Waals surface area contributed by atoms with Crippen LogP contribution in [0.5, 0.6) is 0 Å². The first-order valence-corrected chi connectivity index (χ1v) is 5.98. The molecule has 0 saturated carbocycles. The zero-order chi connectivity index (χ0) is 13.6. The molecule has 3 N–H and O–H groups in total. The van der Waals surface area contributed by atoms with E-state index in [0.29, 0.717) is 0 Å². The lowest BCUT2D eigenvalue weighted by molar-refractivity contribution is -0.147. The first-order valence-electron chi connectivity index (χ1n) is 5.98. The highest BCUT2D eigenvalue weighted by molar-refractivity contribution is 5.86. The fourth-order valence-electron chi connectivity index (χ4n) is 1.32. The van der Waals surface area contributed by atoms with Crippen molar-refractivity contribution in [3.63, 3.8) is 0 Å². The van der Waals surface area contributed by atoms with E-state index in [-0.39, 0.29) is 36.2 Å². The second kappa shape index (κ2) is 9.16. The first-order chi connectivity index (χ1) is 7.84. The molecule has 0 aromatic heterocycles. The number of carbonyl (C=O) groups excluding carboxylic acids is 2. The van der Waals surface area contributed by atoms with E-state index in [1.807, 2.05) is 13.8 Å². The van der Waals surface area contributed by atoms with Crippen LogP contribution in [0.15, 0.2) is 0 Å². The van der Waals surface area contributed by atoms with Crippen LogP contribution in [0.25, 0.3) is 0 Å². The molecule has 0 spiro atoms. The summed E-state index contributed by atoms with van der Waals surface area (Å²) < 4.78 is 4.69. The molecule has 1 amide bonds. The maximum absolute atomic E-state index is 11.8. The summed E-state index contributed by atoms with van der Waals surface area (Å²) in [6, 6.07) is -0.844. The summed E-state index contributed by atoms with van der Waals surface area (Å²) in [5.74, 6) is -0.918. The number of halogens is 1. The van der Waals surface area contributed by atoms with E-state index in [4.69, 9.17) is 10.5 Å². The number of amides is 1. The summed E-state index contributed by atoms with van der Waals surface area (Å²) in [5.41, 5.74) is 5.65. The molecule has 0 fully saturated rings. The van der Waals surface area contributed by atoms with Gasteiger partial charge in [-0.2, -0.15) is 0 Å². The van der Waals surface area contributed by atoms with E-state index >= 15 is 0 Å². The Kier molecular flexibility index (Phi) is 9.94. The van der Waals surface area contributed by atoms with E-state index < -0.39 is 12.0 Å². The molecule has 0 aliphatic carbocycles. The third kappa shape index (κ3) is 5.69. The van der Waals surface area contributed by atoms with Crippen LogP contribution >= 0.6 is 12.4 Å². The van der Waals surface area contributed by atoms with Crippen molar-refractivity contribution in [2.24, 2.45) is 17.6 Å². The molecule has 0 radical (unpaired) electrons. The number of nitrogens with two attached hydrogens (primary N) is 1. The van der Waals surface area contributed by atoms with Crippen LogP contribution in [-0.2, 0) is 14.3 Å². The minimum Gasteiger partial charge on any atom is -0.467 e. The van der Waals surface area contributed by atoms with Gasteiger partial charge in [0.15, 0.2) is 0 Å². The second-order valence-electron chi connectivity index (χ2n) is 4.54. The molecule has 4 atom stereocenters. The predicted octanol–water partition coefficient (Wildman–Crippen LogP) is 1.10. The predicted molar refractivity (Wildman–Crippen MR) is 73.5 cm³/mol. The molecule has 5 nitrogen and oxygen atoms in total. The number of ether oxygens (including phenoxy) is 1. The maximum Gasteiger partial charge on any atom is 0.328 e. The van der Waals surface area contributed by atoms with Crippen LogP contribution in [-0.4, -0.2) is 31.1 Å². The van der Waals surface area contributed by atoms with Crippen molar-refractivity contribution in [2.75, 3.05) is 7.11 Å². The zero-order valence-corrected chi connectivity index (χ0v) is 12.5. The van der Waals surface area contributed by atoms with Gasteiger partial charge in [-0.3, -0.25) is 4.79 Å². The number of methoxy groups -OCH3 is 1. The van der Waals surface area contributed by atoms with Crippen LogP contribution in [0.2, 0.25) is 0 Å². The molecule has 108 valence electrons. The normalized spacial score (nSPS) is 16.8. The fourth-order valence-corrected chi connectivity index (χ4v) is 1.32. The average molecular weight is 281 g/mol. The van der Waals surface area contributed by atoms with Crippen LogP contribution in [0, 0.1) is 11.8 Å². The van der Waals surface area contributed by atoms with Gasteiger partial charge in [-0.15, -0.1) is 12.4 Å². The number of carbonyl (C=O) groups is 2. The van der Waals surface area contributed by atoms with E-state index in [2.05, 4.69) is 5.32 Å². The molecule has 0 rings (SSSR count). The lowest BCUT2D eigenvalue weighted by Gasteiger charge is -2.24. The van der Waals surface area contributed by atoms with Crippen molar-refractivity contribution in [2.45, 2.75) is 46.2 Å². The largest absolute Gasteiger partial charge is 0.467 e. The molecule has 0 bridgehead atoms. The molecule has 6 heteroatoms. The van der Waals surface area contributed by atoms with Crippen molar-refractivity contribution in [3.05, 3.63) is 0 Å². The summed E-state index contributed by atoms with van der Waals surface area (Å²) in [7, 11) is 1.32. The van der Waals surface area contributed by atoms with Crippen LogP contribution in [0.3, 0.4) is 0 Å². The summed E-state index contributed by atoms with van der Waals surface area (Å²) in [4.78, 5) is 23.4. The van der Waals surface area contributed by atoms with Gasteiger partial charge in [-0.05, 0) is 12.8 Å². The van der Waals surface area contributed by atoms with Gasteiger partial charge in [-0.1, -0.05) is 27.2 Å². The molecule has 0 aliphatic heterocycles. The summed E-state index contributed by atoms with van der Waals surface area (Å²) in [6.07, 6.45) is 0.784. The van der Waals surface area contributed by atoms with Crippen molar-refractivity contribution in [1.29, 1.82) is 0 Å². The number of hydrogen-bond acceptors (Lipinski definition) is 4. The monoisotopic (exact) mass is 280 g/mol. The average Bonchev–Trinajstić information content (AvgIpc) is 2.32. The highest BCUT2D eigenvalue weighted by Gasteiger charge is 2.29. The number of rotatable bonds is 6. The lowest BCUT2D eigenvalue weighted by atomic mass is 9.97. The molecule has 18 heavy (non-hydrogen) atoms. The third-order valence-corrected chi connectivity index (χ3v) is 3.17. The Morgan fingerprint density at radius 3 is 2.11 bits per heavy atom. The summed E-state index contributed by atoms with van der Waals surface area (Å²) >= 11 is 0. The van der Waals surface area contributed by atoms with Gasteiger partial charge in [0, 0.05) is 12.0 Å². The Morgan fingerprint density at radius 2 is 1.78 bits per heavy atom. The molecule has 0 heterocycles. The first kappa shape index (κ1) is 19.5. The Balaban J connectivity index is 0. The Morgan fingerprint density at radius 1 is 1.28 bits per heavy atom. The fraction of sp³-hybridized carbons (Fsp3) is 0.833. The van der Waals surface area contributed by atoms with Crippen molar-refractivity contribution >= 4 is 24.3 Å². The van der Waals surface area contributed by atoms with Crippen molar-refractivity contribution < 1.29 is 14.3 Å². The summed E-state index contributed by atoms with van der Waals surface area (Å²) in [5, 5.41) is 2.71. The van der Waals surface area contributed by atoms with Gasteiger partial charge >= 0.3 is 5.97 Å². The molecular weight excluding hydrogens is 256 g/mol. The Labute approximate surface area is 115 Å². The molecule has 0 saturated heterocycles. The molecule has 0 aliphatic rings. The zero-order valence-electron chi connectivity index (χ0n) is 11.7.